The molecule has 0 N–H and O–H groups in total. The van der Waals surface area contributed by atoms with Crippen LogP contribution in [0.3, 0.4) is 0 Å². The number of unbranched alkanes of at least 4 members (excludes halogenated alkanes) is 1. The van der Waals surface area contributed by atoms with Gasteiger partial charge in [0.15, 0.2) is 0 Å². The third-order valence-electron chi connectivity index (χ3n) is 4.39. The zero-order chi connectivity index (χ0) is 21.0. The van der Waals surface area contributed by atoms with Gasteiger partial charge in [-0.1, -0.05) is 42.3 Å². The number of aromatic nitrogens is 1. The Kier molecular flexibility index (Phi) is 6.77. The number of nitrogens with zero attached hydrogens (tertiary/aromatic N) is 2. The third-order valence-corrected chi connectivity index (χ3v) is 7.08. The topological polar surface area (TPSA) is 77.7 Å². The molecular weight excluding hydrogens is 432 g/mol. The summed E-state index contributed by atoms with van der Waals surface area (Å²) >= 11 is 7.08. The van der Waals surface area contributed by atoms with Crippen molar-refractivity contribution in [3.8, 4) is 0 Å². The minimum absolute atomic E-state index is 0.0348. The van der Waals surface area contributed by atoms with Gasteiger partial charge < -0.3 is 9.30 Å². The molecule has 0 saturated carbocycles. The van der Waals surface area contributed by atoms with Gasteiger partial charge in [-0.05, 0) is 54.8 Å². The first kappa shape index (κ1) is 21.5. The minimum atomic E-state index is -3.96. The predicted octanol–water partition coefficient (Wildman–Crippen LogP) is 4.16. The van der Waals surface area contributed by atoms with Crippen molar-refractivity contribution in [2.75, 3.05) is 7.11 Å². The maximum Gasteiger partial charge on any atom is 0.325 e. The molecule has 29 heavy (non-hydrogen) atoms. The van der Waals surface area contributed by atoms with E-state index in [1.165, 1.54) is 42.7 Å². The number of hydrogen-bond donors (Lipinski definition) is 0. The largest absolute Gasteiger partial charge is 0.468 e. The average molecular weight is 453 g/mol. The molecule has 0 saturated heterocycles. The molecule has 0 fully saturated rings. The summed E-state index contributed by atoms with van der Waals surface area (Å²) in [6, 6.07) is 11.7. The highest BCUT2D eigenvalue weighted by Crippen LogP contribution is 2.22. The first-order valence-corrected chi connectivity index (χ1v) is 11.7. The number of carbonyl (C=O) groups is 1. The van der Waals surface area contributed by atoms with Crippen LogP contribution in [0.15, 0.2) is 51.8 Å². The lowest BCUT2D eigenvalue weighted by atomic mass is 10.1. The van der Waals surface area contributed by atoms with Crippen LogP contribution in [0.2, 0.25) is 5.02 Å². The normalized spacial score (nSPS) is 12.4. The van der Waals surface area contributed by atoms with Crippen molar-refractivity contribution < 1.29 is 17.9 Å². The van der Waals surface area contributed by atoms with E-state index in [-0.39, 0.29) is 16.2 Å². The molecule has 0 atom stereocenters. The van der Waals surface area contributed by atoms with Gasteiger partial charge in [0, 0.05) is 5.02 Å². The number of sulfonamides is 1. The summed E-state index contributed by atoms with van der Waals surface area (Å²) in [6.45, 7) is 2.01. The smallest absolute Gasteiger partial charge is 0.325 e. The fourth-order valence-corrected chi connectivity index (χ4v) is 5.25. The second-order valence-corrected chi connectivity index (χ2v) is 9.52. The number of ether oxygens (including phenoxy) is 1. The number of benzene rings is 2. The number of carbonyl (C=O) groups excluding carboxylic acids is 1. The van der Waals surface area contributed by atoms with Crippen molar-refractivity contribution in [3.63, 3.8) is 0 Å². The standard InChI is InChI=1S/C20H21ClN2O4S2/c1-3-4-5-14-6-11-17-18(12-14)28-20(23(17)13-19(24)27-2)22-29(25,26)16-9-7-15(21)8-10-16/h6-12H,3-5,13H2,1-2H3/b22-20-. The first-order chi connectivity index (χ1) is 13.8. The maximum atomic E-state index is 12.8. The molecular formula is C20H21ClN2O4S2. The van der Waals surface area contributed by atoms with Gasteiger partial charge in [-0.2, -0.15) is 8.42 Å². The van der Waals surface area contributed by atoms with Crippen LogP contribution in [0, 0.1) is 0 Å². The molecule has 0 amide bonds. The van der Waals surface area contributed by atoms with Crippen LogP contribution in [-0.2, 0) is 32.5 Å². The van der Waals surface area contributed by atoms with Gasteiger partial charge in [0.1, 0.15) is 6.54 Å². The number of aryl methyl sites for hydroxylation is 1. The van der Waals surface area contributed by atoms with Gasteiger partial charge in [-0.15, -0.1) is 4.40 Å². The summed E-state index contributed by atoms with van der Waals surface area (Å²) in [6.07, 6.45) is 3.10. The van der Waals surface area contributed by atoms with E-state index in [0.29, 0.717) is 5.02 Å². The number of hydrogen-bond acceptors (Lipinski definition) is 5. The molecule has 154 valence electrons. The molecule has 0 aliphatic heterocycles. The van der Waals surface area contributed by atoms with Crippen molar-refractivity contribution in [1.82, 2.24) is 4.57 Å². The lowest BCUT2D eigenvalue weighted by Gasteiger charge is -2.05. The molecule has 9 heteroatoms. The Balaban J connectivity index is 2.15. The summed E-state index contributed by atoms with van der Waals surface area (Å²) in [4.78, 5) is 12.2. The van der Waals surface area contributed by atoms with Gasteiger partial charge in [-0.25, -0.2) is 0 Å². The predicted molar refractivity (Wildman–Crippen MR) is 115 cm³/mol. The fourth-order valence-electron chi connectivity index (χ4n) is 2.83. The minimum Gasteiger partial charge on any atom is -0.468 e. The SMILES string of the molecule is CCCCc1ccc2c(c1)s/c(=N\S(=O)(=O)c1ccc(Cl)cc1)n2CC(=O)OC. The van der Waals surface area contributed by atoms with E-state index in [0.717, 1.165) is 35.0 Å². The number of rotatable bonds is 7. The Labute approximate surface area is 178 Å². The van der Waals surface area contributed by atoms with Crippen molar-refractivity contribution >= 4 is 49.1 Å². The van der Waals surface area contributed by atoms with Crippen LogP contribution >= 0.6 is 22.9 Å². The van der Waals surface area contributed by atoms with Gasteiger partial charge in [0.25, 0.3) is 10.0 Å². The Bertz CT molecular complexity index is 1200. The molecule has 0 bridgehead atoms. The highest BCUT2D eigenvalue weighted by Gasteiger charge is 2.16. The Morgan fingerprint density at radius 2 is 1.93 bits per heavy atom. The monoisotopic (exact) mass is 452 g/mol. The molecule has 3 aromatic rings. The van der Waals surface area contributed by atoms with E-state index in [1.807, 2.05) is 18.2 Å². The summed E-state index contributed by atoms with van der Waals surface area (Å²) in [7, 11) is -2.67. The number of esters is 1. The number of halogens is 1. The molecule has 1 aromatic heterocycles. The van der Waals surface area contributed by atoms with E-state index in [1.54, 1.807) is 4.57 Å². The lowest BCUT2D eigenvalue weighted by Crippen LogP contribution is -2.22. The van der Waals surface area contributed by atoms with Crippen LogP contribution in [0.1, 0.15) is 25.3 Å². The van der Waals surface area contributed by atoms with E-state index in [9.17, 15) is 13.2 Å². The van der Waals surface area contributed by atoms with Gasteiger partial charge >= 0.3 is 5.97 Å². The van der Waals surface area contributed by atoms with Crippen molar-refractivity contribution in [2.45, 2.75) is 37.6 Å². The lowest BCUT2D eigenvalue weighted by molar-refractivity contribution is -0.141. The molecule has 0 spiro atoms. The van der Waals surface area contributed by atoms with Crippen molar-refractivity contribution in [1.29, 1.82) is 0 Å². The average Bonchev–Trinajstić information content (AvgIpc) is 3.02. The molecule has 0 radical (unpaired) electrons. The summed E-state index contributed by atoms with van der Waals surface area (Å²) in [5.74, 6) is -0.481. The number of thiazole rings is 1. The van der Waals surface area contributed by atoms with Gasteiger partial charge in [-0.3, -0.25) is 4.79 Å². The highest BCUT2D eigenvalue weighted by molar-refractivity contribution is 7.90. The Hall–Kier alpha value is -2.16. The fraction of sp³-hybridized carbons (Fsp3) is 0.300. The van der Waals surface area contributed by atoms with Crippen LogP contribution in [0.25, 0.3) is 10.2 Å². The van der Waals surface area contributed by atoms with Crippen LogP contribution in [0.4, 0.5) is 0 Å². The maximum absolute atomic E-state index is 12.8. The molecule has 0 aliphatic rings. The van der Waals surface area contributed by atoms with Crippen LogP contribution in [0.5, 0.6) is 0 Å². The first-order valence-electron chi connectivity index (χ1n) is 9.09. The van der Waals surface area contributed by atoms with Gasteiger partial charge in [0.05, 0.1) is 22.2 Å². The Morgan fingerprint density at radius 1 is 1.21 bits per heavy atom. The summed E-state index contributed by atoms with van der Waals surface area (Å²) < 4.78 is 36.8. The quantitative estimate of drug-likeness (QED) is 0.504. The van der Waals surface area contributed by atoms with E-state index < -0.39 is 16.0 Å². The van der Waals surface area contributed by atoms with E-state index in [4.69, 9.17) is 16.3 Å². The van der Waals surface area contributed by atoms with Crippen molar-refractivity contribution in [3.05, 3.63) is 57.9 Å². The zero-order valence-corrected chi connectivity index (χ0v) is 18.5. The second-order valence-electron chi connectivity index (χ2n) is 6.47. The molecule has 0 unspecified atom stereocenters. The third kappa shape index (κ3) is 5.07. The summed E-state index contributed by atoms with van der Waals surface area (Å²) in [5.41, 5.74) is 1.91. The van der Waals surface area contributed by atoms with Gasteiger partial charge in [0.2, 0.25) is 4.80 Å². The molecule has 3 rings (SSSR count). The molecule has 6 nitrogen and oxygen atoms in total. The number of fused-ring (bicyclic) bond motifs is 1. The second kappa shape index (κ2) is 9.11. The zero-order valence-electron chi connectivity index (χ0n) is 16.1. The highest BCUT2D eigenvalue weighted by atomic mass is 35.5. The van der Waals surface area contributed by atoms with E-state index >= 15 is 0 Å². The van der Waals surface area contributed by atoms with Crippen LogP contribution < -0.4 is 4.80 Å². The van der Waals surface area contributed by atoms with E-state index in [2.05, 4.69) is 11.3 Å². The number of methoxy groups -OCH3 is 1. The summed E-state index contributed by atoms with van der Waals surface area (Å²) in [5, 5.41) is 0.436. The van der Waals surface area contributed by atoms with Crippen molar-refractivity contribution in [2.24, 2.45) is 4.40 Å². The van der Waals surface area contributed by atoms with Crippen LogP contribution in [-0.4, -0.2) is 26.1 Å². The molecule has 2 aromatic carbocycles. The molecule has 0 aliphatic carbocycles. The Morgan fingerprint density at radius 3 is 2.59 bits per heavy atom. The molecule has 1 heterocycles.